The average molecular weight is 313 g/mol. The Hall–Kier alpha value is -1.31. The van der Waals surface area contributed by atoms with E-state index in [0.717, 1.165) is 38.2 Å². The van der Waals surface area contributed by atoms with Gasteiger partial charge in [-0.1, -0.05) is 0 Å². The number of ether oxygens (including phenoxy) is 1. The first-order valence-corrected chi connectivity index (χ1v) is 8.66. The molecule has 0 atom stereocenters. The summed E-state index contributed by atoms with van der Waals surface area (Å²) in [5.74, 6) is 0. The Balaban J connectivity index is 2.11. The van der Waals surface area contributed by atoms with Crippen molar-refractivity contribution in [2.45, 2.75) is 30.8 Å². The molecule has 0 amide bonds. The second-order valence-electron chi connectivity index (χ2n) is 5.07. The van der Waals surface area contributed by atoms with Crippen molar-refractivity contribution in [2.75, 3.05) is 37.4 Å². The quantitative estimate of drug-likeness (QED) is 0.798. The number of nitrogens with two attached hydrogens (primary N) is 1. The molecule has 3 N–H and O–H groups in total. The van der Waals surface area contributed by atoms with Gasteiger partial charge < -0.3 is 15.4 Å². The van der Waals surface area contributed by atoms with Crippen LogP contribution in [0.25, 0.3) is 0 Å². The molecule has 0 radical (unpaired) electrons. The molecule has 1 aliphatic rings. The largest absolute Gasteiger partial charge is 0.398 e. The van der Waals surface area contributed by atoms with Crippen LogP contribution in [0.3, 0.4) is 0 Å². The standard InChI is InChI=1S/C14H23N3O3S/c1-3-20-12-6-8-17(9-7-12)11-4-5-14(13(15)10-11)21(18,19)16-2/h4-5,10,12,16H,3,6-9,15H2,1-2H3. The maximum atomic E-state index is 11.8. The Morgan fingerprint density at radius 1 is 1.38 bits per heavy atom. The SMILES string of the molecule is CCOC1CCN(c2ccc(S(=O)(=O)NC)c(N)c2)CC1. The molecule has 1 aromatic rings. The molecule has 0 spiro atoms. The van der Waals surface area contributed by atoms with Crippen molar-refractivity contribution in [1.29, 1.82) is 0 Å². The van der Waals surface area contributed by atoms with Gasteiger partial charge in [0.2, 0.25) is 10.0 Å². The molecule has 0 saturated carbocycles. The van der Waals surface area contributed by atoms with Gasteiger partial charge in [-0.05, 0) is 45.0 Å². The summed E-state index contributed by atoms with van der Waals surface area (Å²) in [5, 5.41) is 0. The maximum absolute atomic E-state index is 11.8. The second kappa shape index (κ2) is 6.64. The van der Waals surface area contributed by atoms with Crippen molar-refractivity contribution in [2.24, 2.45) is 0 Å². The average Bonchev–Trinajstić information content (AvgIpc) is 2.48. The van der Waals surface area contributed by atoms with Gasteiger partial charge in [0.25, 0.3) is 0 Å². The van der Waals surface area contributed by atoms with Crippen LogP contribution in [0.15, 0.2) is 23.1 Å². The topological polar surface area (TPSA) is 84.7 Å². The molecular formula is C14H23N3O3S. The monoisotopic (exact) mass is 313 g/mol. The summed E-state index contributed by atoms with van der Waals surface area (Å²) in [7, 11) is -2.13. The van der Waals surface area contributed by atoms with Crippen LogP contribution in [0.2, 0.25) is 0 Å². The van der Waals surface area contributed by atoms with E-state index in [9.17, 15) is 8.42 Å². The van der Waals surface area contributed by atoms with E-state index < -0.39 is 10.0 Å². The molecule has 1 saturated heterocycles. The number of piperidine rings is 1. The lowest BCUT2D eigenvalue weighted by atomic mass is 10.1. The molecule has 1 heterocycles. The normalized spacial score (nSPS) is 17.1. The van der Waals surface area contributed by atoms with Gasteiger partial charge in [-0.25, -0.2) is 13.1 Å². The highest BCUT2D eigenvalue weighted by atomic mass is 32.2. The summed E-state index contributed by atoms with van der Waals surface area (Å²) < 4.78 is 31.5. The number of anilines is 2. The molecule has 0 aromatic heterocycles. The van der Waals surface area contributed by atoms with E-state index in [2.05, 4.69) is 9.62 Å². The number of benzene rings is 1. The van der Waals surface area contributed by atoms with Crippen LogP contribution in [0.5, 0.6) is 0 Å². The molecule has 1 aromatic carbocycles. The second-order valence-corrected chi connectivity index (χ2v) is 6.93. The van der Waals surface area contributed by atoms with Crippen LogP contribution >= 0.6 is 0 Å². The molecule has 1 fully saturated rings. The molecule has 6 nitrogen and oxygen atoms in total. The van der Waals surface area contributed by atoms with E-state index in [1.807, 2.05) is 13.0 Å². The van der Waals surface area contributed by atoms with Gasteiger partial charge in [-0.3, -0.25) is 0 Å². The van der Waals surface area contributed by atoms with Gasteiger partial charge in [-0.15, -0.1) is 0 Å². The van der Waals surface area contributed by atoms with Crippen molar-refractivity contribution in [3.8, 4) is 0 Å². The third-order valence-corrected chi connectivity index (χ3v) is 5.25. The van der Waals surface area contributed by atoms with Crippen LogP contribution in [-0.2, 0) is 14.8 Å². The Morgan fingerprint density at radius 3 is 2.57 bits per heavy atom. The number of rotatable bonds is 5. The maximum Gasteiger partial charge on any atom is 0.242 e. The number of sulfonamides is 1. The summed E-state index contributed by atoms with van der Waals surface area (Å²) in [6, 6.07) is 5.10. The van der Waals surface area contributed by atoms with Crippen molar-refractivity contribution in [3.63, 3.8) is 0 Å². The van der Waals surface area contributed by atoms with Gasteiger partial charge in [0.1, 0.15) is 4.90 Å². The van der Waals surface area contributed by atoms with Gasteiger partial charge in [0, 0.05) is 25.4 Å². The van der Waals surface area contributed by atoms with Crippen LogP contribution in [0.4, 0.5) is 11.4 Å². The van der Waals surface area contributed by atoms with E-state index in [1.54, 1.807) is 12.1 Å². The molecule has 0 bridgehead atoms. The fraction of sp³-hybridized carbons (Fsp3) is 0.571. The van der Waals surface area contributed by atoms with E-state index in [1.165, 1.54) is 7.05 Å². The molecule has 0 unspecified atom stereocenters. The van der Waals surface area contributed by atoms with Crippen LogP contribution < -0.4 is 15.4 Å². The van der Waals surface area contributed by atoms with Crippen LogP contribution in [0, 0.1) is 0 Å². The van der Waals surface area contributed by atoms with Crippen molar-refractivity contribution < 1.29 is 13.2 Å². The van der Waals surface area contributed by atoms with E-state index in [4.69, 9.17) is 10.5 Å². The highest BCUT2D eigenvalue weighted by Crippen LogP contribution is 2.27. The van der Waals surface area contributed by atoms with Crippen molar-refractivity contribution >= 4 is 21.4 Å². The minimum atomic E-state index is -3.51. The molecule has 7 heteroatoms. The lowest BCUT2D eigenvalue weighted by Gasteiger charge is -2.33. The van der Waals surface area contributed by atoms with Gasteiger partial charge >= 0.3 is 0 Å². The summed E-state index contributed by atoms with van der Waals surface area (Å²) in [6.45, 7) is 4.53. The smallest absolute Gasteiger partial charge is 0.242 e. The van der Waals surface area contributed by atoms with E-state index in [-0.39, 0.29) is 10.6 Å². The molecular weight excluding hydrogens is 290 g/mol. The van der Waals surface area contributed by atoms with E-state index >= 15 is 0 Å². The number of hydrogen-bond donors (Lipinski definition) is 2. The highest BCUT2D eigenvalue weighted by Gasteiger charge is 2.21. The predicted octanol–water partition coefficient (Wildman–Crippen LogP) is 1.18. The van der Waals surface area contributed by atoms with Gasteiger partial charge in [-0.2, -0.15) is 0 Å². The number of nitrogens with one attached hydrogen (secondary N) is 1. The fourth-order valence-corrected chi connectivity index (χ4v) is 3.44. The lowest BCUT2D eigenvalue weighted by molar-refractivity contribution is 0.0459. The zero-order valence-corrected chi connectivity index (χ0v) is 13.3. The Morgan fingerprint density at radius 2 is 2.05 bits per heavy atom. The molecule has 118 valence electrons. The minimum Gasteiger partial charge on any atom is -0.398 e. The zero-order valence-electron chi connectivity index (χ0n) is 12.5. The summed E-state index contributed by atoms with van der Waals surface area (Å²) in [5.41, 5.74) is 7.12. The third-order valence-electron chi connectivity index (χ3n) is 3.76. The summed E-state index contributed by atoms with van der Waals surface area (Å²) >= 11 is 0. The lowest BCUT2D eigenvalue weighted by Crippen LogP contribution is -2.37. The third kappa shape index (κ3) is 3.66. The summed E-state index contributed by atoms with van der Waals surface area (Å²) in [6.07, 6.45) is 2.28. The fourth-order valence-electron chi connectivity index (χ4n) is 2.60. The van der Waals surface area contributed by atoms with Crippen LogP contribution in [0.1, 0.15) is 19.8 Å². The Labute approximate surface area is 126 Å². The Bertz CT molecular complexity index is 581. The molecule has 2 rings (SSSR count). The first kappa shape index (κ1) is 16.1. The summed E-state index contributed by atoms with van der Waals surface area (Å²) in [4.78, 5) is 2.33. The van der Waals surface area contributed by atoms with Gasteiger partial charge in [0.05, 0.1) is 11.8 Å². The first-order chi connectivity index (χ1) is 9.97. The van der Waals surface area contributed by atoms with Crippen molar-refractivity contribution in [3.05, 3.63) is 18.2 Å². The minimum absolute atomic E-state index is 0.123. The molecule has 21 heavy (non-hydrogen) atoms. The molecule has 0 aliphatic carbocycles. The number of hydrogen-bond acceptors (Lipinski definition) is 5. The highest BCUT2D eigenvalue weighted by molar-refractivity contribution is 7.89. The zero-order chi connectivity index (χ0) is 15.5. The predicted molar refractivity (Wildman–Crippen MR) is 84.0 cm³/mol. The molecule has 1 aliphatic heterocycles. The van der Waals surface area contributed by atoms with E-state index in [0.29, 0.717) is 6.10 Å². The first-order valence-electron chi connectivity index (χ1n) is 7.17. The number of nitrogens with zero attached hydrogens (tertiary/aromatic N) is 1. The Kier molecular flexibility index (Phi) is 5.08. The van der Waals surface area contributed by atoms with Crippen molar-refractivity contribution in [1.82, 2.24) is 4.72 Å². The number of nitrogen functional groups attached to an aromatic ring is 1. The van der Waals surface area contributed by atoms with Gasteiger partial charge in [0.15, 0.2) is 0 Å². The van der Waals surface area contributed by atoms with Crippen LogP contribution in [-0.4, -0.2) is 41.3 Å².